The van der Waals surface area contributed by atoms with Crippen LogP contribution in [0.4, 0.5) is 0 Å². The van der Waals surface area contributed by atoms with Crippen LogP contribution in [0.1, 0.15) is 54.5 Å². The lowest BCUT2D eigenvalue weighted by Gasteiger charge is -2.32. The number of piperidine rings is 1. The van der Waals surface area contributed by atoms with Crippen molar-refractivity contribution in [3.8, 4) is 0 Å². The first kappa shape index (κ1) is 18.9. The molecule has 1 amide bonds. The Kier molecular flexibility index (Phi) is 4.81. The second-order valence-electron chi connectivity index (χ2n) is 8.48. The first-order valence-electron chi connectivity index (χ1n) is 10.6. The molecule has 7 nitrogen and oxygen atoms in total. The van der Waals surface area contributed by atoms with Gasteiger partial charge in [-0.2, -0.15) is 0 Å². The zero-order chi connectivity index (χ0) is 20.7. The highest BCUT2D eigenvalue weighted by Crippen LogP contribution is 2.40. The number of aromatic nitrogens is 4. The molecule has 2 aliphatic rings. The SMILES string of the molecule is Cc1cc(=O)n(CC(=O)N2CCC(c3ccc4cc(C5CC5)cnc4n3)CC2)cn1. The Hall–Kier alpha value is -3.09. The predicted octanol–water partition coefficient (Wildman–Crippen LogP) is 2.78. The monoisotopic (exact) mass is 403 g/mol. The van der Waals surface area contributed by atoms with Gasteiger partial charge in [-0.25, -0.2) is 15.0 Å². The fourth-order valence-corrected chi connectivity index (χ4v) is 4.22. The predicted molar refractivity (Wildman–Crippen MR) is 113 cm³/mol. The molecular weight excluding hydrogens is 378 g/mol. The average Bonchev–Trinajstić information content (AvgIpc) is 3.60. The van der Waals surface area contributed by atoms with Crippen LogP contribution in [0.25, 0.3) is 11.0 Å². The Balaban J connectivity index is 1.23. The molecular formula is C23H25N5O2. The number of nitrogens with zero attached hydrogens (tertiary/aromatic N) is 5. The van der Waals surface area contributed by atoms with Crippen LogP contribution in [0.2, 0.25) is 0 Å². The van der Waals surface area contributed by atoms with Crippen LogP contribution in [0.3, 0.4) is 0 Å². The zero-order valence-electron chi connectivity index (χ0n) is 17.1. The molecule has 1 saturated carbocycles. The van der Waals surface area contributed by atoms with E-state index in [9.17, 15) is 9.59 Å². The van der Waals surface area contributed by atoms with E-state index in [1.165, 1.54) is 35.4 Å². The van der Waals surface area contributed by atoms with Crippen LogP contribution >= 0.6 is 0 Å². The number of carbonyl (C=O) groups excluding carboxylic acids is 1. The van der Waals surface area contributed by atoms with E-state index in [1.807, 2.05) is 11.1 Å². The van der Waals surface area contributed by atoms with Crippen LogP contribution in [-0.2, 0) is 11.3 Å². The Morgan fingerprint density at radius 2 is 1.87 bits per heavy atom. The largest absolute Gasteiger partial charge is 0.341 e. The van der Waals surface area contributed by atoms with E-state index in [-0.39, 0.29) is 18.0 Å². The fraction of sp³-hybridized carbons (Fsp3) is 0.435. The van der Waals surface area contributed by atoms with Crippen molar-refractivity contribution in [1.82, 2.24) is 24.4 Å². The van der Waals surface area contributed by atoms with E-state index in [2.05, 4.69) is 28.2 Å². The van der Waals surface area contributed by atoms with E-state index in [0.717, 1.165) is 29.6 Å². The van der Waals surface area contributed by atoms with Gasteiger partial charge in [0.05, 0.1) is 6.33 Å². The van der Waals surface area contributed by atoms with E-state index in [1.54, 1.807) is 6.92 Å². The van der Waals surface area contributed by atoms with E-state index < -0.39 is 0 Å². The Morgan fingerprint density at radius 1 is 1.07 bits per heavy atom. The summed E-state index contributed by atoms with van der Waals surface area (Å²) in [6.45, 7) is 3.15. The lowest BCUT2D eigenvalue weighted by atomic mass is 9.92. The number of hydrogen-bond donors (Lipinski definition) is 0. The maximum atomic E-state index is 12.6. The third kappa shape index (κ3) is 3.84. The first-order valence-corrected chi connectivity index (χ1v) is 10.6. The van der Waals surface area contributed by atoms with Gasteiger partial charge >= 0.3 is 0 Å². The molecule has 0 aromatic carbocycles. The summed E-state index contributed by atoms with van der Waals surface area (Å²) in [5, 5.41) is 1.10. The minimum absolute atomic E-state index is 0.0399. The molecule has 0 N–H and O–H groups in total. The second kappa shape index (κ2) is 7.63. The molecule has 0 spiro atoms. The Bertz CT molecular complexity index is 1160. The van der Waals surface area contributed by atoms with E-state index in [4.69, 9.17) is 4.98 Å². The number of aryl methyl sites for hydroxylation is 1. The molecule has 3 aromatic heterocycles. The van der Waals surface area contributed by atoms with Gasteiger partial charge in [-0.1, -0.05) is 0 Å². The number of amides is 1. The molecule has 0 atom stereocenters. The summed E-state index contributed by atoms with van der Waals surface area (Å²) in [5.41, 5.74) is 3.66. The summed E-state index contributed by atoms with van der Waals surface area (Å²) in [5.74, 6) is 0.976. The third-order valence-corrected chi connectivity index (χ3v) is 6.22. The smallest absolute Gasteiger partial charge is 0.253 e. The van der Waals surface area contributed by atoms with Crippen molar-refractivity contribution in [2.45, 2.75) is 51.0 Å². The first-order chi connectivity index (χ1) is 14.6. The maximum absolute atomic E-state index is 12.6. The minimum Gasteiger partial charge on any atom is -0.341 e. The topological polar surface area (TPSA) is 81.0 Å². The average molecular weight is 403 g/mol. The van der Waals surface area contributed by atoms with Crippen molar-refractivity contribution in [3.05, 3.63) is 64.1 Å². The number of pyridine rings is 2. The van der Waals surface area contributed by atoms with Gasteiger partial charge < -0.3 is 4.90 Å². The highest BCUT2D eigenvalue weighted by Gasteiger charge is 2.26. The lowest BCUT2D eigenvalue weighted by Crippen LogP contribution is -2.41. The van der Waals surface area contributed by atoms with Gasteiger partial charge in [-0.3, -0.25) is 14.2 Å². The van der Waals surface area contributed by atoms with E-state index in [0.29, 0.717) is 30.6 Å². The van der Waals surface area contributed by atoms with Crippen LogP contribution in [0, 0.1) is 6.92 Å². The fourth-order valence-electron chi connectivity index (χ4n) is 4.22. The Morgan fingerprint density at radius 3 is 2.60 bits per heavy atom. The molecule has 1 saturated heterocycles. The van der Waals surface area contributed by atoms with Crippen LogP contribution < -0.4 is 5.56 Å². The molecule has 0 unspecified atom stereocenters. The molecule has 5 rings (SSSR count). The molecule has 30 heavy (non-hydrogen) atoms. The summed E-state index contributed by atoms with van der Waals surface area (Å²) < 4.78 is 1.37. The van der Waals surface area contributed by atoms with Crippen molar-refractivity contribution in [2.75, 3.05) is 13.1 Å². The number of carbonyl (C=O) groups is 1. The van der Waals surface area contributed by atoms with E-state index >= 15 is 0 Å². The molecule has 2 fully saturated rings. The van der Waals surface area contributed by atoms with Crippen molar-refractivity contribution in [1.29, 1.82) is 0 Å². The van der Waals surface area contributed by atoms with Crippen LogP contribution in [0.15, 0.2) is 41.6 Å². The molecule has 154 valence electrons. The van der Waals surface area contributed by atoms with Crippen molar-refractivity contribution in [3.63, 3.8) is 0 Å². The highest BCUT2D eigenvalue weighted by molar-refractivity contribution is 5.76. The summed E-state index contributed by atoms with van der Waals surface area (Å²) >= 11 is 0. The molecule has 1 aliphatic carbocycles. The van der Waals surface area contributed by atoms with Crippen LogP contribution in [-0.4, -0.2) is 43.4 Å². The molecule has 7 heteroatoms. The highest BCUT2D eigenvalue weighted by atomic mass is 16.2. The van der Waals surface area contributed by atoms with Gasteiger partial charge in [0.2, 0.25) is 5.91 Å². The number of likely N-dealkylation sites (tertiary alicyclic amines) is 1. The minimum atomic E-state index is -0.191. The summed E-state index contributed by atoms with van der Waals surface area (Å²) in [4.78, 5) is 40.0. The Labute approximate surface area is 174 Å². The summed E-state index contributed by atoms with van der Waals surface area (Å²) in [7, 11) is 0. The lowest BCUT2D eigenvalue weighted by molar-refractivity contribution is -0.133. The summed E-state index contributed by atoms with van der Waals surface area (Å²) in [6.07, 6.45) is 7.69. The van der Waals surface area contributed by atoms with Gasteiger partial charge in [-0.15, -0.1) is 0 Å². The molecule has 0 bridgehead atoms. The van der Waals surface area contributed by atoms with Gasteiger partial charge in [0.15, 0.2) is 5.65 Å². The molecule has 4 heterocycles. The van der Waals surface area contributed by atoms with Gasteiger partial charge in [-0.05, 0) is 62.3 Å². The van der Waals surface area contributed by atoms with Crippen molar-refractivity contribution < 1.29 is 4.79 Å². The maximum Gasteiger partial charge on any atom is 0.253 e. The van der Waals surface area contributed by atoms with Crippen LogP contribution in [0.5, 0.6) is 0 Å². The van der Waals surface area contributed by atoms with Crippen molar-refractivity contribution >= 4 is 16.9 Å². The molecule has 1 aliphatic heterocycles. The number of hydrogen-bond acceptors (Lipinski definition) is 5. The van der Waals surface area contributed by atoms with Gasteiger partial charge in [0, 0.05) is 48.0 Å². The zero-order valence-corrected chi connectivity index (χ0v) is 17.1. The third-order valence-electron chi connectivity index (χ3n) is 6.22. The quantitative estimate of drug-likeness (QED) is 0.669. The standard InChI is InChI=1S/C23H25N5O2/c1-15-10-21(29)28(14-25-15)13-22(30)27-8-6-17(7-9-27)20-5-4-18-11-19(16-2-3-16)12-24-23(18)26-20/h4-5,10-12,14,16-17H,2-3,6-9,13H2,1H3. The molecule has 0 radical (unpaired) electrons. The normalized spacial score (nSPS) is 17.4. The van der Waals surface area contributed by atoms with Gasteiger partial charge in [0.25, 0.3) is 5.56 Å². The second-order valence-corrected chi connectivity index (χ2v) is 8.48. The van der Waals surface area contributed by atoms with Crippen molar-refractivity contribution in [2.24, 2.45) is 0 Å². The number of fused-ring (bicyclic) bond motifs is 1. The number of rotatable bonds is 4. The molecule has 3 aromatic rings. The van der Waals surface area contributed by atoms with Gasteiger partial charge in [0.1, 0.15) is 6.54 Å². The summed E-state index contributed by atoms with van der Waals surface area (Å²) in [6, 6.07) is 7.91.